The second-order valence-electron chi connectivity index (χ2n) is 5.28. The average Bonchev–Trinajstić information content (AvgIpc) is 2.31. The third-order valence-electron chi connectivity index (χ3n) is 3.36. The Hall–Kier alpha value is 0.310. The Morgan fingerprint density at radius 3 is 2.46 bits per heavy atom. The van der Waals surface area contributed by atoms with Crippen molar-refractivity contribution >= 4 is 11.8 Å². The maximum Gasteiger partial charge on any atom is 0.0132 e. The quantitative estimate of drug-likeness (QED) is 0.753. The molecule has 0 amide bonds. The molecule has 0 aromatic heterocycles. The van der Waals surface area contributed by atoms with E-state index in [4.69, 9.17) is 0 Å². The van der Waals surface area contributed by atoms with Gasteiger partial charge in [0.1, 0.15) is 0 Å². The topological polar surface area (TPSA) is 12.0 Å². The molecule has 0 saturated carbocycles. The van der Waals surface area contributed by atoms with Crippen LogP contribution < -0.4 is 5.32 Å². The van der Waals surface area contributed by atoms with E-state index in [1.165, 1.54) is 18.6 Å². The van der Waals surface area contributed by atoms with Gasteiger partial charge in [-0.15, -0.1) is 0 Å². The van der Waals surface area contributed by atoms with Gasteiger partial charge in [0.15, 0.2) is 0 Å². The summed E-state index contributed by atoms with van der Waals surface area (Å²) in [7, 11) is 2.06. The zero-order valence-electron chi connectivity index (χ0n) is 9.61. The first-order chi connectivity index (χ1) is 5.87. The minimum atomic E-state index is 0.298. The Balaban J connectivity index is 2.54. The SMILES string of the molecule is CNC(C)(C)CC1CCSC1(C)C. The molecule has 1 aliphatic rings. The summed E-state index contributed by atoms with van der Waals surface area (Å²) >= 11 is 2.13. The van der Waals surface area contributed by atoms with E-state index in [1.54, 1.807) is 0 Å². The van der Waals surface area contributed by atoms with Gasteiger partial charge >= 0.3 is 0 Å². The number of hydrogen-bond donors (Lipinski definition) is 1. The predicted octanol–water partition coefficient (Wildman–Crippen LogP) is 2.91. The minimum Gasteiger partial charge on any atom is -0.315 e. The maximum atomic E-state index is 3.40. The van der Waals surface area contributed by atoms with Crippen LogP contribution >= 0.6 is 11.8 Å². The van der Waals surface area contributed by atoms with Crippen LogP contribution in [0.4, 0.5) is 0 Å². The lowest BCUT2D eigenvalue weighted by molar-refractivity contribution is 0.283. The van der Waals surface area contributed by atoms with Gasteiger partial charge in [-0.2, -0.15) is 11.8 Å². The molecule has 0 aliphatic carbocycles. The zero-order chi connectivity index (χ0) is 10.1. The molecule has 78 valence electrons. The Morgan fingerprint density at radius 1 is 1.46 bits per heavy atom. The lowest BCUT2D eigenvalue weighted by Gasteiger charge is -2.33. The van der Waals surface area contributed by atoms with Gasteiger partial charge in [0.05, 0.1) is 0 Å². The Kier molecular flexibility index (Phi) is 3.34. The molecule has 1 fully saturated rings. The van der Waals surface area contributed by atoms with E-state index in [9.17, 15) is 0 Å². The lowest BCUT2D eigenvalue weighted by atomic mass is 9.82. The monoisotopic (exact) mass is 201 g/mol. The van der Waals surface area contributed by atoms with E-state index in [-0.39, 0.29) is 0 Å². The van der Waals surface area contributed by atoms with Crippen LogP contribution in [0.5, 0.6) is 0 Å². The van der Waals surface area contributed by atoms with Gasteiger partial charge in [-0.05, 0) is 45.4 Å². The Bertz CT molecular complexity index is 175. The van der Waals surface area contributed by atoms with E-state index < -0.39 is 0 Å². The van der Waals surface area contributed by atoms with Crippen LogP contribution in [0.1, 0.15) is 40.5 Å². The van der Waals surface area contributed by atoms with Gasteiger partial charge in [0, 0.05) is 10.3 Å². The first-order valence-electron chi connectivity index (χ1n) is 5.20. The van der Waals surface area contributed by atoms with Crippen LogP contribution in [0.2, 0.25) is 0 Å². The van der Waals surface area contributed by atoms with E-state index in [0.717, 1.165) is 5.92 Å². The number of nitrogens with one attached hydrogen (secondary N) is 1. The highest BCUT2D eigenvalue weighted by molar-refractivity contribution is 8.00. The highest BCUT2D eigenvalue weighted by atomic mass is 32.2. The standard InChI is InChI=1S/C11H23NS/c1-10(2,12-5)8-9-6-7-13-11(9,3)4/h9,12H,6-8H2,1-5H3. The molecule has 1 aliphatic heterocycles. The lowest BCUT2D eigenvalue weighted by Crippen LogP contribution is -2.41. The smallest absolute Gasteiger partial charge is 0.0132 e. The molecule has 0 aromatic carbocycles. The molecular formula is C11H23NS. The Labute approximate surface area is 87.1 Å². The van der Waals surface area contributed by atoms with Crippen molar-refractivity contribution in [2.24, 2.45) is 5.92 Å². The molecule has 0 spiro atoms. The number of rotatable bonds is 3. The summed E-state index contributed by atoms with van der Waals surface area (Å²) in [6, 6.07) is 0. The van der Waals surface area contributed by atoms with Crippen molar-refractivity contribution in [2.45, 2.75) is 50.8 Å². The first-order valence-corrected chi connectivity index (χ1v) is 6.19. The molecule has 1 heterocycles. The summed E-state index contributed by atoms with van der Waals surface area (Å²) in [5.41, 5.74) is 0.298. The minimum absolute atomic E-state index is 0.298. The summed E-state index contributed by atoms with van der Waals surface area (Å²) in [5, 5.41) is 3.40. The van der Waals surface area contributed by atoms with Crippen molar-refractivity contribution in [3.63, 3.8) is 0 Å². The molecule has 2 heteroatoms. The molecular weight excluding hydrogens is 178 g/mol. The van der Waals surface area contributed by atoms with E-state index >= 15 is 0 Å². The molecule has 1 nitrogen and oxygen atoms in total. The summed E-state index contributed by atoms with van der Waals surface area (Å²) < 4.78 is 0.494. The second kappa shape index (κ2) is 3.82. The summed E-state index contributed by atoms with van der Waals surface area (Å²) in [6.07, 6.45) is 2.69. The summed E-state index contributed by atoms with van der Waals surface area (Å²) in [6.45, 7) is 9.38. The summed E-state index contributed by atoms with van der Waals surface area (Å²) in [5.74, 6) is 2.22. The van der Waals surface area contributed by atoms with Crippen LogP contribution in [0, 0.1) is 5.92 Å². The third-order valence-corrected chi connectivity index (χ3v) is 4.87. The molecule has 0 radical (unpaired) electrons. The highest BCUT2D eigenvalue weighted by Gasteiger charge is 2.37. The molecule has 13 heavy (non-hydrogen) atoms. The average molecular weight is 201 g/mol. The number of hydrogen-bond acceptors (Lipinski definition) is 2. The van der Waals surface area contributed by atoms with Crippen LogP contribution in [0.25, 0.3) is 0 Å². The second-order valence-corrected chi connectivity index (χ2v) is 7.02. The van der Waals surface area contributed by atoms with Gasteiger partial charge in [-0.25, -0.2) is 0 Å². The van der Waals surface area contributed by atoms with Crippen LogP contribution in [0.3, 0.4) is 0 Å². The maximum absolute atomic E-state index is 3.40. The van der Waals surface area contributed by atoms with Crippen LogP contribution in [-0.2, 0) is 0 Å². The van der Waals surface area contributed by atoms with Crippen molar-refractivity contribution in [3.05, 3.63) is 0 Å². The van der Waals surface area contributed by atoms with Gasteiger partial charge < -0.3 is 5.32 Å². The fourth-order valence-electron chi connectivity index (χ4n) is 2.00. The molecule has 1 saturated heterocycles. The van der Waals surface area contributed by atoms with E-state index in [0.29, 0.717) is 10.3 Å². The number of thioether (sulfide) groups is 1. The van der Waals surface area contributed by atoms with E-state index in [1.807, 2.05) is 0 Å². The van der Waals surface area contributed by atoms with Crippen molar-refractivity contribution < 1.29 is 0 Å². The van der Waals surface area contributed by atoms with E-state index in [2.05, 4.69) is 51.8 Å². The first kappa shape index (κ1) is 11.4. The van der Waals surface area contributed by atoms with Crippen molar-refractivity contribution in [2.75, 3.05) is 12.8 Å². The zero-order valence-corrected chi connectivity index (χ0v) is 10.4. The van der Waals surface area contributed by atoms with Crippen molar-refractivity contribution in [3.8, 4) is 0 Å². The van der Waals surface area contributed by atoms with Crippen molar-refractivity contribution in [1.29, 1.82) is 0 Å². The molecule has 1 rings (SSSR count). The summed E-state index contributed by atoms with van der Waals surface area (Å²) in [4.78, 5) is 0. The van der Waals surface area contributed by atoms with Gasteiger partial charge in [-0.1, -0.05) is 13.8 Å². The predicted molar refractivity (Wildman–Crippen MR) is 62.4 cm³/mol. The van der Waals surface area contributed by atoms with Gasteiger partial charge in [0.25, 0.3) is 0 Å². The third kappa shape index (κ3) is 2.88. The molecule has 0 bridgehead atoms. The fourth-order valence-corrected chi connectivity index (χ4v) is 3.36. The fraction of sp³-hybridized carbons (Fsp3) is 1.00. The normalized spacial score (nSPS) is 27.9. The molecule has 1 N–H and O–H groups in total. The molecule has 1 unspecified atom stereocenters. The highest BCUT2D eigenvalue weighted by Crippen LogP contribution is 2.45. The molecule has 0 aromatic rings. The van der Waals surface area contributed by atoms with Crippen molar-refractivity contribution in [1.82, 2.24) is 5.32 Å². The van der Waals surface area contributed by atoms with Gasteiger partial charge in [0.2, 0.25) is 0 Å². The largest absolute Gasteiger partial charge is 0.315 e. The Morgan fingerprint density at radius 2 is 2.08 bits per heavy atom. The van der Waals surface area contributed by atoms with Crippen LogP contribution in [0.15, 0.2) is 0 Å². The van der Waals surface area contributed by atoms with Gasteiger partial charge in [-0.3, -0.25) is 0 Å². The van der Waals surface area contributed by atoms with Crippen LogP contribution in [-0.4, -0.2) is 23.1 Å². The molecule has 1 atom stereocenters.